The van der Waals surface area contributed by atoms with E-state index in [2.05, 4.69) is 46.2 Å². The van der Waals surface area contributed by atoms with Gasteiger partial charge in [0.25, 0.3) is 5.79 Å². The molecule has 2 bridgehead atoms. The molecule has 8 aliphatic rings. The van der Waals surface area contributed by atoms with Gasteiger partial charge in [0.05, 0.1) is 52.0 Å². The molecular formula is C44H68O16Si3. The molecule has 352 valence electrons. The van der Waals surface area contributed by atoms with E-state index in [-0.39, 0.29) is 25.6 Å². The molecule has 5 aliphatic heterocycles. The van der Waals surface area contributed by atoms with Crippen molar-refractivity contribution >= 4 is 48.8 Å². The number of esters is 4. The zero-order valence-electron chi connectivity index (χ0n) is 39.8. The lowest BCUT2D eigenvalue weighted by Gasteiger charge is -2.67. The number of carbonyl (C=O) groups is 4. The Balaban J connectivity index is 1.48. The number of epoxide rings is 1. The zero-order chi connectivity index (χ0) is 46.5. The summed E-state index contributed by atoms with van der Waals surface area (Å²) in [6, 6.07) is 0. The van der Waals surface area contributed by atoms with Crippen molar-refractivity contribution in [3.63, 3.8) is 0 Å². The summed E-state index contributed by atoms with van der Waals surface area (Å²) >= 11 is 0. The van der Waals surface area contributed by atoms with Crippen molar-refractivity contribution in [2.75, 3.05) is 27.4 Å². The second-order valence-corrected chi connectivity index (χ2v) is 35.6. The van der Waals surface area contributed by atoms with Crippen LogP contribution in [0.3, 0.4) is 0 Å². The SMILES string of the molecule is C/C=C(\C)C(=O)OC1CC(OC(C)=O)C2(C(=O)OC)COC3C2C12COC(O[Si](C)(C)C)(C(=O)OC)C2C(C)(C12OC1(C)C1CC2OC2OC=CC21O[Si](C)(C)C)C3O[Si](C)(C)C. The van der Waals surface area contributed by atoms with Gasteiger partial charge in [-0.25, -0.2) is 9.59 Å². The van der Waals surface area contributed by atoms with E-state index >= 15 is 4.79 Å². The Kier molecular flexibility index (Phi) is 10.8. The van der Waals surface area contributed by atoms with E-state index in [1.807, 2.05) is 32.6 Å². The fraction of sp³-hybridized carbons (Fsp3) is 0.818. The zero-order valence-corrected chi connectivity index (χ0v) is 42.8. The van der Waals surface area contributed by atoms with Gasteiger partial charge in [-0.3, -0.25) is 9.59 Å². The summed E-state index contributed by atoms with van der Waals surface area (Å²) in [5.74, 6) is -7.41. The van der Waals surface area contributed by atoms with Gasteiger partial charge in [0.1, 0.15) is 34.4 Å². The Labute approximate surface area is 374 Å². The van der Waals surface area contributed by atoms with Crippen LogP contribution in [0.1, 0.15) is 47.5 Å². The molecule has 3 saturated carbocycles. The van der Waals surface area contributed by atoms with E-state index in [1.165, 1.54) is 21.1 Å². The van der Waals surface area contributed by atoms with Gasteiger partial charge in [0.15, 0.2) is 25.0 Å². The molecule has 0 radical (unpaired) electrons. The molecule has 0 N–H and O–H groups in total. The monoisotopic (exact) mass is 936 g/mol. The number of hydrogen-bond acceptors (Lipinski definition) is 16. The molecule has 0 amide bonds. The number of ether oxygens (including phenoxy) is 9. The average Bonchev–Trinajstić information content (AvgIpc) is 3.56. The lowest BCUT2D eigenvalue weighted by molar-refractivity contribution is -0.309. The van der Waals surface area contributed by atoms with Gasteiger partial charge >= 0.3 is 23.9 Å². The highest BCUT2D eigenvalue weighted by Gasteiger charge is 2.98. The highest BCUT2D eigenvalue weighted by molar-refractivity contribution is 6.70. The van der Waals surface area contributed by atoms with Crippen LogP contribution < -0.4 is 0 Å². The number of rotatable bonds is 12. The smallest absolute Gasteiger partial charge is 0.365 e. The third kappa shape index (κ3) is 6.18. The van der Waals surface area contributed by atoms with Crippen LogP contribution in [0.4, 0.5) is 0 Å². The first-order chi connectivity index (χ1) is 29.0. The lowest BCUT2D eigenvalue weighted by Crippen LogP contribution is -2.80. The fourth-order valence-electron chi connectivity index (χ4n) is 13.9. The summed E-state index contributed by atoms with van der Waals surface area (Å²) in [5.41, 5.74) is -7.57. The molecule has 63 heavy (non-hydrogen) atoms. The summed E-state index contributed by atoms with van der Waals surface area (Å²) in [4.78, 5) is 57.6. The van der Waals surface area contributed by atoms with Gasteiger partial charge in [-0.05, 0) is 92.2 Å². The summed E-state index contributed by atoms with van der Waals surface area (Å²) < 4.78 is 81.2. The van der Waals surface area contributed by atoms with Crippen LogP contribution in [0.5, 0.6) is 0 Å². The second-order valence-electron chi connectivity index (χ2n) is 22.3. The third-order valence-electron chi connectivity index (χ3n) is 15.5. The van der Waals surface area contributed by atoms with E-state index in [4.69, 9.17) is 55.9 Å². The van der Waals surface area contributed by atoms with E-state index < -0.39 is 136 Å². The van der Waals surface area contributed by atoms with Crippen molar-refractivity contribution in [2.24, 2.45) is 34.0 Å². The molecule has 3 aliphatic carbocycles. The predicted molar refractivity (Wildman–Crippen MR) is 231 cm³/mol. The summed E-state index contributed by atoms with van der Waals surface area (Å²) in [5, 5.41) is 0. The fourth-order valence-corrected chi connectivity index (χ4v) is 17.6. The van der Waals surface area contributed by atoms with Crippen LogP contribution in [-0.2, 0) is 75.1 Å². The molecule has 7 fully saturated rings. The number of hydrogen-bond donors (Lipinski definition) is 0. The topological polar surface area (TPSA) is 182 Å². The molecule has 16 nitrogen and oxygen atoms in total. The van der Waals surface area contributed by atoms with Gasteiger partial charge in [0.2, 0.25) is 6.29 Å². The van der Waals surface area contributed by atoms with Crippen molar-refractivity contribution in [1.82, 2.24) is 0 Å². The largest absolute Gasteiger partial charge is 0.469 e. The summed E-state index contributed by atoms with van der Waals surface area (Å²) in [6.07, 6.45) is -0.118. The van der Waals surface area contributed by atoms with Crippen molar-refractivity contribution in [3.8, 4) is 0 Å². The third-order valence-corrected chi connectivity index (χ3v) is 18.3. The molecule has 0 aromatic heterocycles. The Bertz CT molecular complexity index is 2010. The molecular weight excluding hydrogens is 869 g/mol. The Morgan fingerprint density at radius 3 is 2.03 bits per heavy atom. The van der Waals surface area contributed by atoms with Crippen molar-refractivity contribution in [3.05, 3.63) is 24.0 Å². The molecule has 19 heteroatoms. The quantitative estimate of drug-likeness (QED) is 0.0800. The number of allylic oxidation sites excluding steroid dienone is 1. The predicted octanol–water partition coefficient (Wildman–Crippen LogP) is 5.37. The molecule has 16 atom stereocenters. The Morgan fingerprint density at radius 1 is 0.810 bits per heavy atom. The van der Waals surface area contributed by atoms with Crippen LogP contribution in [0, 0.1) is 34.0 Å². The van der Waals surface area contributed by atoms with Crippen LogP contribution in [0.2, 0.25) is 58.9 Å². The molecule has 0 aromatic carbocycles. The number of carbonyl (C=O) groups excluding carboxylic acids is 4. The second kappa shape index (κ2) is 14.5. The Morgan fingerprint density at radius 2 is 1.46 bits per heavy atom. The first-order valence-corrected chi connectivity index (χ1v) is 32.5. The van der Waals surface area contributed by atoms with E-state index in [0.717, 1.165) is 0 Å². The normalized spacial score (nSPS) is 46.8. The molecule has 4 saturated heterocycles. The summed E-state index contributed by atoms with van der Waals surface area (Å²) in [7, 11) is -5.25. The maximum absolute atomic E-state index is 15.3. The van der Waals surface area contributed by atoms with Crippen LogP contribution in [-0.4, -0.2) is 136 Å². The van der Waals surface area contributed by atoms with Crippen molar-refractivity contribution < 1.29 is 75.1 Å². The highest BCUT2D eigenvalue weighted by atomic mass is 28.4. The molecule has 0 aromatic rings. The van der Waals surface area contributed by atoms with Crippen molar-refractivity contribution in [2.45, 2.75) is 166 Å². The minimum absolute atomic E-state index is 0.161. The number of methoxy groups -OCH3 is 2. The molecule has 5 heterocycles. The van der Waals surface area contributed by atoms with E-state index in [1.54, 1.807) is 26.2 Å². The van der Waals surface area contributed by atoms with Crippen LogP contribution in [0.25, 0.3) is 0 Å². The first kappa shape index (κ1) is 47.0. The van der Waals surface area contributed by atoms with Gasteiger partial charge in [0, 0.05) is 47.5 Å². The summed E-state index contributed by atoms with van der Waals surface area (Å²) in [6.45, 7) is 26.7. The van der Waals surface area contributed by atoms with Gasteiger partial charge in [-0.15, -0.1) is 0 Å². The van der Waals surface area contributed by atoms with Crippen LogP contribution in [0.15, 0.2) is 24.0 Å². The molecule has 8 rings (SSSR count). The minimum Gasteiger partial charge on any atom is -0.469 e. The molecule has 1 spiro atoms. The maximum Gasteiger partial charge on any atom is 0.365 e. The highest BCUT2D eigenvalue weighted by Crippen LogP contribution is 2.84. The van der Waals surface area contributed by atoms with E-state index in [0.29, 0.717) is 12.0 Å². The Hall–Kier alpha value is -2.47. The van der Waals surface area contributed by atoms with Gasteiger partial charge in [-0.2, -0.15) is 0 Å². The molecule has 16 unspecified atom stereocenters. The average molecular weight is 937 g/mol. The van der Waals surface area contributed by atoms with E-state index in [9.17, 15) is 14.4 Å². The van der Waals surface area contributed by atoms with Gasteiger partial charge in [-0.1, -0.05) is 13.0 Å². The lowest BCUT2D eigenvalue weighted by atomic mass is 9.37. The standard InChI is InChI=1S/C44H68O16Si3/c1-17-24(2)33(46)55-27-21-28(54-25(3)45)41(35(47)49-6)22-52-30-31(41)40(27)23-53-43(36(48)50-7,60-63(14,15)16)34(40)38(4,32(30)57-61(8,9)10)44-29-20-26(39(44,5)58-44)42(59-62(11,12)13)18-19-51-37(42)56-29/h17-19,26-32,34,37H,20-23H2,1-16H3/b24-17+. The van der Waals surface area contributed by atoms with Gasteiger partial charge < -0.3 is 55.9 Å². The minimum atomic E-state index is -2.86. The number of fused-ring (bicyclic) bond motifs is 7. The maximum atomic E-state index is 15.3. The first-order valence-electron chi connectivity index (χ1n) is 22.3. The van der Waals surface area contributed by atoms with Crippen molar-refractivity contribution in [1.29, 1.82) is 0 Å². The van der Waals surface area contributed by atoms with Crippen LogP contribution >= 0.6 is 0 Å².